The van der Waals surface area contributed by atoms with Gasteiger partial charge in [0.2, 0.25) is 0 Å². The molecule has 2 aromatic carbocycles. The molecule has 0 saturated heterocycles. The summed E-state index contributed by atoms with van der Waals surface area (Å²) >= 11 is 0. The van der Waals surface area contributed by atoms with Gasteiger partial charge in [-0.3, -0.25) is 9.80 Å². The van der Waals surface area contributed by atoms with Gasteiger partial charge in [-0.15, -0.1) is 13.2 Å². The molecule has 0 radical (unpaired) electrons. The molecule has 168 valence electrons. The van der Waals surface area contributed by atoms with E-state index in [9.17, 15) is 13.2 Å². The molecule has 2 heterocycles. The zero-order valence-electron chi connectivity index (χ0n) is 18.0. The molecule has 2 aliphatic heterocycles. The quantitative estimate of drug-likeness (QED) is 0.659. The summed E-state index contributed by atoms with van der Waals surface area (Å²) in [6.07, 6.45) is -3.66. The van der Waals surface area contributed by atoms with Crippen molar-refractivity contribution in [1.29, 1.82) is 0 Å². The van der Waals surface area contributed by atoms with E-state index in [1.54, 1.807) is 12.1 Å². The minimum Gasteiger partial charge on any atom is -0.406 e. The Morgan fingerprint density at radius 3 is 2.41 bits per heavy atom. The van der Waals surface area contributed by atoms with Gasteiger partial charge in [0.1, 0.15) is 5.75 Å². The Morgan fingerprint density at radius 1 is 0.969 bits per heavy atom. The van der Waals surface area contributed by atoms with Crippen LogP contribution in [0.5, 0.6) is 5.75 Å². The van der Waals surface area contributed by atoms with Crippen molar-refractivity contribution in [1.82, 2.24) is 14.7 Å². The van der Waals surface area contributed by atoms with Crippen LogP contribution in [0.2, 0.25) is 0 Å². The molecule has 4 nitrogen and oxygen atoms in total. The Bertz CT molecular complexity index is 1010. The van der Waals surface area contributed by atoms with Gasteiger partial charge in [-0.1, -0.05) is 42.2 Å². The van der Waals surface area contributed by atoms with Crippen LogP contribution in [-0.4, -0.2) is 61.0 Å². The molecule has 32 heavy (non-hydrogen) atoms. The minimum absolute atomic E-state index is 0.193. The molecule has 4 rings (SSSR count). The molecule has 0 saturated carbocycles. The molecule has 0 N–H and O–H groups in total. The summed E-state index contributed by atoms with van der Waals surface area (Å²) in [6, 6.07) is 16.1. The van der Waals surface area contributed by atoms with Crippen LogP contribution in [0.3, 0.4) is 0 Å². The number of halogens is 3. The normalized spacial score (nSPS) is 17.6. The van der Waals surface area contributed by atoms with Crippen LogP contribution in [0.1, 0.15) is 17.5 Å². The predicted molar refractivity (Wildman–Crippen MR) is 118 cm³/mol. The summed E-state index contributed by atoms with van der Waals surface area (Å²) in [5.74, 6) is 6.32. The predicted octanol–water partition coefficient (Wildman–Crippen LogP) is 4.30. The van der Waals surface area contributed by atoms with E-state index in [0.29, 0.717) is 6.54 Å². The van der Waals surface area contributed by atoms with Crippen molar-refractivity contribution < 1.29 is 17.9 Å². The number of benzene rings is 2. The van der Waals surface area contributed by atoms with E-state index in [-0.39, 0.29) is 5.75 Å². The molecule has 0 fully saturated rings. The third-order valence-electron chi connectivity index (χ3n) is 5.65. The molecule has 7 heteroatoms. The Labute approximate surface area is 186 Å². The Balaban J connectivity index is 1.34. The Morgan fingerprint density at radius 2 is 1.69 bits per heavy atom. The van der Waals surface area contributed by atoms with Gasteiger partial charge in [0.05, 0.1) is 13.2 Å². The first-order chi connectivity index (χ1) is 15.4. The van der Waals surface area contributed by atoms with Gasteiger partial charge in [0, 0.05) is 50.9 Å². The highest BCUT2D eigenvalue weighted by atomic mass is 19.4. The molecular weight excluding hydrogens is 415 g/mol. The summed E-state index contributed by atoms with van der Waals surface area (Å²) in [5.41, 5.74) is 4.78. The van der Waals surface area contributed by atoms with Gasteiger partial charge in [-0.2, -0.15) is 0 Å². The zero-order chi connectivity index (χ0) is 22.6. The van der Waals surface area contributed by atoms with Crippen LogP contribution in [0.25, 0.3) is 0 Å². The molecule has 0 unspecified atom stereocenters. The van der Waals surface area contributed by atoms with Crippen molar-refractivity contribution in [2.45, 2.75) is 19.3 Å². The maximum Gasteiger partial charge on any atom is 0.573 e. The van der Waals surface area contributed by atoms with Crippen LogP contribution in [-0.2, 0) is 6.54 Å². The van der Waals surface area contributed by atoms with Gasteiger partial charge in [0.15, 0.2) is 0 Å². The van der Waals surface area contributed by atoms with Crippen LogP contribution in [0, 0.1) is 11.8 Å². The third-order valence-corrected chi connectivity index (χ3v) is 5.65. The highest BCUT2D eigenvalue weighted by Crippen LogP contribution is 2.27. The van der Waals surface area contributed by atoms with Gasteiger partial charge in [-0.05, 0) is 35.4 Å². The third kappa shape index (κ3) is 6.06. The van der Waals surface area contributed by atoms with Crippen LogP contribution >= 0.6 is 0 Å². The first-order valence-corrected chi connectivity index (χ1v) is 10.6. The second-order valence-corrected chi connectivity index (χ2v) is 8.20. The van der Waals surface area contributed by atoms with E-state index in [1.165, 1.54) is 23.4 Å². The smallest absolute Gasteiger partial charge is 0.406 e. The maximum atomic E-state index is 12.4. The molecular formula is C25H26F3N3O. The maximum absolute atomic E-state index is 12.4. The van der Waals surface area contributed by atoms with Crippen molar-refractivity contribution in [3.63, 3.8) is 0 Å². The summed E-state index contributed by atoms with van der Waals surface area (Å²) in [7, 11) is 2.10. The lowest BCUT2D eigenvalue weighted by Crippen LogP contribution is -2.47. The molecule has 0 amide bonds. The van der Waals surface area contributed by atoms with E-state index in [1.807, 2.05) is 30.3 Å². The number of hydrogen-bond acceptors (Lipinski definition) is 4. The van der Waals surface area contributed by atoms with E-state index in [0.717, 1.165) is 50.4 Å². The fourth-order valence-electron chi connectivity index (χ4n) is 4.26. The minimum atomic E-state index is -4.67. The fourth-order valence-corrected chi connectivity index (χ4v) is 4.26. The van der Waals surface area contributed by atoms with Crippen molar-refractivity contribution in [3.05, 3.63) is 77.0 Å². The summed E-state index contributed by atoms with van der Waals surface area (Å²) < 4.78 is 41.0. The number of ether oxygens (including phenoxy) is 1. The van der Waals surface area contributed by atoms with Crippen LogP contribution in [0.4, 0.5) is 13.2 Å². The molecule has 2 aliphatic rings. The van der Waals surface area contributed by atoms with Crippen LogP contribution in [0.15, 0.2) is 65.9 Å². The largest absolute Gasteiger partial charge is 0.573 e. The second-order valence-electron chi connectivity index (χ2n) is 8.20. The van der Waals surface area contributed by atoms with Crippen molar-refractivity contribution in [2.24, 2.45) is 0 Å². The second kappa shape index (κ2) is 9.68. The zero-order valence-corrected chi connectivity index (χ0v) is 18.0. The molecule has 0 aromatic heterocycles. The van der Waals surface area contributed by atoms with E-state index < -0.39 is 6.36 Å². The summed E-state index contributed by atoms with van der Waals surface area (Å²) in [5, 5.41) is 0. The molecule has 0 bridgehead atoms. The number of hydrogen-bond donors (Lipinski definition) is 0. The highest BCUT2D eigenvalue weighted by Gasteiger charge is 2.31. The first-order valence-electron chi connectivity index (χ1n) is 10.6. The molecule has 2 aromatic rings. The summed E-state index contributed by atoms with van der Waals surface area (Å²) in [4.78, 5) is 6.96. The van der Waals surface area contributed by atoms with Gasteiger partial charge < -0.3 is 9.64 Å². The highest BCUT2D eigenvalue weighted by molar-refractivity contribution is 5.34. The molecule has 0 spiro atoms. The van der Waals surface area contributed by atoms with E-state index in [2.05, 4.69) is 38.3 Å². The number of rotatable bonds is 4. The fraction of sp³-hybridized carbons (Fsp3) is 0.360. The standard InChI is InChI=1S/C25H26F3N3O/c1-29-19-31(16-21-9-11-23(12-10-21)32-25(26,27)28)18-22-17-30(15-13-24(22)29)14-5-8-20-6-3-2-4-7-20/h2-4,6-7,9-12H,13-19H2,1H3. The lowest BCUT2D eigenvalue weighted by Gasteiger charge is -2.42. The molecule has 0 atom stereocenters. The lowest BCUT2D eigenvalue weighted by molar-refractivity contribution is -0.274. The monoisotopic (exact) mass is 441 g/mol. The summed E-state index contributed by atoms with van der Waals surface area (Å²) in [6.45, 7) is 4.93. The van der Waals surface area contributed by atoms with Gasteiger partial charge in [-0.25, -0.2) is 0 Å². The Hall–Kier alpha value is -2.95. The van der Waals surface area contributed by atoms with Crippen molar-refractivity contribution >= 4 is 0 Å². The average Bonchev–Trinajstić information content (AvgIpc) is 2.75. The molecule has 0 aliphatic carbocycles. The Kier molecular flexibility index (Phi) is 6.73. The van der Waals surface area contributed by atoms with Crippen molar-refractivity contribution in [2.75, 3.05) is 39.9 Å². The van der Waals surface area contributed by atoms with Gasteiger partial charge in [0.25, 0.3) is 0 Å². The average molecular weight is 441 g/mol. The van der Waals surface area contributed by atoms with Gasteiger partial charge >= 0.3 is 6.36 Å². The number of nitrogens with zero attached hydrogens (tertiary/aromatic N) is 3. The van der Waals surface area contributed by atoms with Crippen molar-refractivity contribution in [3.8, 4) is 17.6 Å². The lowest BCUT2D eigenvalue weighted by atomic mass is 10.0. The topological polar surface area (TPSA) is 19.0 Å². The van der Waals surface area contributed by atoms with E-state index in [4.69, 9.17) is 0 Å². The van der Waals surface area contributed by atoms with Crippen LogP contribution < -0.4 is 4.74 Å². The van der Waals surface area contributed by atoms with E-state index >= 15 is 0 Å². The number of alkyl halides is 3. The SMILES string of the molecule is CN1CN(Cc2ccc(OC(F)(F)F)cc2)CC2=C1CCN(CC#Cc1ccccc1)C2. The first kappa shape index (κ1) is 22.3.